The number of rotatable bonds is 12. The summed E-state index contributed by atoms with van der Waals surface area (Å²) in [7, 11) is 1.73. The van der Waals surface area contributed by atoms with Gasteiger partial charge in [-0.15, -0.1) is 0 Å². The Kier molecular flexibility index (Phi) is 13.3. The summed E-state index contributed by atoms with van der Waals surface area (Å²) in [6.07, 6.45) is 4.96. The van der Waals surface area contributed by atoms with Gasteiger partial charge in [0.05, 0.1) is 17.6 Å². The summed E-state index contributed by atoms with van der Waals surface area (Å²) < 4.78 is 32.8. The second kappa shape index (κ2) is 19.1. The molecule has 15 heteroatoms. The van der Waals surface area contributed by atoms with Crippen LogP contribution in [0.3, 0.4) is 0 Å². The molecule has 2 aliphatic heterocycles. The minimum atomic E-state index is -0.775. The molecule has 0 saturated carbocycles. The van der Waals surface area contributed by atoms with Crippen LogP contribution in [0.5, 0.6) is 6.01 Å². The summed E-state index contributed by atoms with van der Waals surface area (Å²) in [5.41, 5.74) is 3.03. The lowest BCUT2D eigenvalue weighted by Crippen LogP contribution is -2.45. The van der Waals surface area contributed by atoms with E-state index >= 15 is 0 Å². The maximum Gasteiger partial charge on any atom is 0.410 e. The van der Waals surface area contributed by atoms with Crippen molar-refractivity contribution in [2.45, 2.75) is 110 Å². The molecule has 15 nitrogen and oxygen atoms in total. The predicted molar refractivity (Wildman–Crippen MR) is 253 cm³/mol. The van der Waals surface area contributed by atoms with E-state index in [1.807, 2.05) is 137 Å². The number of furan rings is 1. The van der Waals surface area contributed by atoms with Gasteiger partial charge < -0.3 is 38.1 Å². The fourth-order valence-corrected chi connectivity index (χ4v) is 8.71. The number of aromatic nitrogens is 4. The van der Waals surface area contributed by atoms with Crippen LogP contribution in [0, 0.1) is 5.92 Å². The van der Waals surface area contributed by atoms with Crippen LogP contribution >= 0.6 is 0 Å². The first-order chi connectivity index (χ1) is 31.5. The lowest BCUT2D eigenvalue weighted by atomic mass is 9.93. The van der Waals surface area contributed by atoms with Crippen molar-refractivity contribution >= 4 is 63.2 Å². The molecule has 2 aliphatic rings. The molecule has 348 valence electrons. The van der Waals surface area contributed by atoms with E-state index in [1.54, 1.807) is 16.8 Å². The Morgan fingerprint density at radius 3 is 2.36 bits per heavy atom. The number of hydrogen-bond donors (Lipinski definition) is 0. The Balaban J connectivity index is 1.05. The van der Waals surface area contributed by atoms with Crippen molar-refractivity contribution in [1.29, 1.82) is 0 Å². The normalized spacial score (nSPS) is 19.2. The first kappa shape index (κ1) is 45.9. The highest BCUT2D eigenvalue weighted by Crippen LogP contribution is 2.40. The molecule has 3 aromatic heterocycles. The summed E-state index contributed by atoms with van der Waals surface area (Å²) in [5.74, 6) is 0.546. The summed E-state index contributed by atoms with van der Waals surface area (Å²) in [4.78, 5) is 60.3. The monoisotopic (exact) mass is 899 g/mol. The average Bonchev–Trinajstić information content (AvgIpc) is 3.98. The van der Waals surface area contributed by atoms with Gasteiger partial charge in [-0.25, -0.2) is 24.4 Å². The lowest BCUT2D eigenvalue weighted by Gasteiger charge is -2.38. The molecule has 2 fully saturated rings. The van der Waals surface area contributed by atoms with Crippen LogP contribution in [-0.2, 0) is 25.6 Å². The fourth-order valence-electron chi connectivity index (χ4n) is 8.71. The van der Waals surface area contributed by atoms with Crippen molar-refractivity contribution in [1.82, 2.24) is 29.3 Å². The Hall–Kier alpha value is -6.64. The number of unbranched alkanes of at least 4 members (excludes halogenated alkanes) is 1. The number of para-hydroxylation sites is 3. The maximum atomic E-state index is 14.3. The molecule has 4 atom stereocenters. The van der Waals surface area contributed by atoms with E-state index in [0.29, 0.717) is 79.7 Å². The first-order valence-electron chi connectivity index (χ1n) is 22.9. The van der Waals surface area contributed by atoms with Crippen molar-refractivity contribution < 1.29 is 37.7 Å². The highest BCUT2D eigenvalue weighted by Gasteiger charge is 2.44. The fraction of sp³-hybridized carbons (Fsp3) is 0.451. The SMILES string of the molecule is C[C@H]1CN(C(=O)OC(C)(C)C)CC[C@@H]1n1c(O[C@H]2C[C@@H](C(=O)OC(C)(C)C)N(c3nc(C=CCCCN(C)C(=O)OCc4ccccc4)nc4c3oc3ccccc34)C2)nc2ccccc21. The number of anilines is 1. The second-order valence-electron chi connectivity index (χ2n) is 19.4. The summed E-state index contributed by atoms with van der Waals surface area (Å²) in [6.45, 7) is 15.3. The maximum absolute atomic E-state index is 14.3. The lowest BCUT2D eigenvalue weighted by molar-refractivity contribution is -0.156. The predicted octanol–water partition coefficient (Wildman–Crippen LogP) is 9.97. The molecule has 0 bridgehead atoms. The summed E-state index contributed by atoms with van der Waals surface area (Å²) in [6, 6.07) is 24.9. The van der Waals surface area contributed by atoms with Crippen LogP contribution in [0.15, 0.2) is 89.4 Å². The number of piperidine rings is 1. The van der Waals surface area contributed by atoms with E-state index in [1.165, 1.54) is 0 Å². The molecule has 6 aromatic rings. The molecule has 5 heterocycles. The number of allylic oxidation sites excluding steroid dienone is 1. The van der Waals surface area contributed by atoms with Gasteiger partial charge in [-0.1, -0.05) is 67.6 Å². The summed E-state index contributed by atoms with van der Waals surface area (Å²) in [5, 5.41) is 0.822. The number of esters is 1. The third kappa shape index (κ3) is 10.6. The Morgan fingerprint density at radius 1 is 0.879 bits per heavy atom. The zero-order valence-electron chi connectivity index (χ0n) is 39.2. The van der Waals surface area contributed by atoms with Crippen molar-refractivity contribution in [3.05, 3.63) is 96.3 Å². The zero-order valence-corrected chi connectivity index (χ0v) is 39.2. The van der Waals surface area contributed by atoms with Crippen molar-refractivity contribution in [3.8, 4) is 6.01 Å². The molecule has 3 aromatic carbocycles. The van der Waals surface area contributed by atoms with Gasteiger partial charge in [0.2, 0.25) is 0 Å². The van der Waals surface area contributed by atoms with Crippen LogP contribution in [0.4, 0.5) is 15.4 Å². The molecular weight excluding hydrogens is 839 g/mol. The van der Waals surface area contributed by atoms with Crippen molar-refractivity contribution in [2.75, 3.05) is 38.1 Å². The van der Waals surface area contributed by atoms with E-state index in [4.69, 9.17) is 38.3 Å². The molecule has 0 unspecified atom stereocenters. The van der Waals surface area contributed by atoms with Gasteiger partial charge in [-0.2, -0.15) is 4.98 Å². The molecule has 66 heavy (non-hydrogen) atoms. The second-order valence-corrected chi connectivity index (χ2v) is 19.4. The Labute approximate surface area is 385 Å². The van der Waals surface area contributed by atoms with Crippen molar-refractivity contribution in [2.24, 2.45) is 5.92 Å². The van der Waals surface area contributed by atoms with Gasteiger partial charge in [0.25, 0.3) is 6.01 Å². The van der Waals surface area contributed by atoms with Crippen LogP contribution < -0.4 is 9.64 Å². The molecule has 0 N–H and O–H groups in total. The quantitative estimate of drug-likeness (QED) is 0.0652. The first-order valence-corrected chi connectivity index (χ1v) is 22.9. The van der Waals surface area contributed by atoms with E-state index in [2.05, 4.69) is 11.5 Å². The average molecular weight is 900 g/mol. The van der Waals surface area contributed by atoms with E-state index in [9.17, 15) is 14.4 Å². The number of fused-ring (bicyclic) bond motifs is 4. The number of benzene rings is 3. The largest absolute Gasteiger partial charge is 0.459 e. The molecule has 0 spiro atoms. The molecule has 8 rings (SSSR count). The third-order valence-electron chi connectivity index (χ3n) is 11.8. The van der Waals surface area contributed by atoms with Crippen LogP contribution in [0.2, 0.25) is 0 Å². The highest BCUT2D eigenvalue weighted by molar-refractivity contribution is 6.06. The van der Waals surface area contributed by atoms with Crippen molar-refractivity contribution in [3.63, 3.8) is 0 Å². The number of hydrogen-bond acceptors (Lipinski definition) is 12. The summed E-state index contributed by atoms with van der Waals surface area (Å²) >= 11 is 0. The number of carbonyl (C=O) groups excluding carboxylic acids is 3. The van der Waals surface area contributed by atoms with Gasteiger partial charge in [-0.05, 0) is 103 Å². The molecule has 0 radical (unpaired) electrons. The number of amides is 2. The smallest absolute Gasteiger partial charge is 0.410 e. The number of likely N-dealkylation sites (tertiary alicyclic amines) is 1. The zero-order chi connectivity index (χ0) is 46.8. The van der Waals surface area contributed by atoms with Gasteiger partial charge in [0, 0.05) is 44.5 Å². The Bertz CT molecular complexity index is 2720. The van der Waals surface area contributed by atoms with Crippen LogP contribution in [0.1, 0.15) is 91.6 Å². The van der Waals surface area contributed by atoms with E-state index in [-0.39, 0.29) is 37.3 Å². The Morgan fingerprint density at radius 2 is 1.61 bits per heavy atom. The minimum Gasteiger partial charge on any atom is -0.459 e. The molecule has 2 saturated heterocycles. The van der Waals surface area contributed by atoms with E-state index < -0.39 is 29.3 Å². The molecule has 2 amide bonds. The molecular formula is C51H61N7O8. The van der Waals surface area contributed by atoms with Gasteiger partial charge in [0.15, 0.2) is 17.2 Å². The van der Waals surface area contributed by atoms with Gasteiger partial charge in [0.1, 0.15) is 41.1 Å². The molecule has 0 aliphatic carbocycles. The van der Waals surface area contributed by atoms with Crippen LogP contribution in [0.25, 0.3) is 39.2 Å². The number of nitrogens with zero attached hydrogens (tertiary/aromatic N) is 7. The van der Waals surface area contributed by atoms with Crippen LogP contribution in [-0.4, -0.2) is 104 Å². The minimum absolute atomic E-state index is 0.0227. The highest BCUT2D eigenvalue weighted by atomic mass is 16.6. The van der Waals surface area contributed by atoms with E-state index in [0.717, 1.165) is 22.0 Å². The third-order valence-corrected chi connectivity index (χ3v) is 11.8. The number of carbonyl (C=O) groups is 3. The topological polar surface area (TPSA) is 155 Å². The number of ether oxygens (including phenoxy) is 4. The van der Waals surface area contributed by atoms with Gasteiger partial charge >= 0.3 is 18.2 Å². The number of imidazole rings is 1. The standard InChI is InChI=1S/C51H61N7O8/c1-33-30-56(49(61)66-51(5,6)7)28-26-38(33)58-39-23-16-15-22-37(39)52-47(58)63-35-29-40(46(59)65-50(2,3)4)57(31-35)45-44-43(36-21-14-17-24-41(36)64-44)53-42(54-45)25-13-10-18-27-55(8)48(60)62-32-34-19-11-9-12-20-34/h9,11-17,19-25,33,35,38,40H,10,18,26-32H2,1-8H3/t33-,35-,38-,40-/m0/s1. The van der Waals surface area contributed by atoms with Gasteiger partial charge in [-0.3, -0.25) is 4.57 Å².